The molecule has 18 heavy (non-hydrogen) atoms. The Balaban J connectivity index is 2.16. The Hall–Kier alpha value is -2.69. The van der Waals surface area contributed by atoms with Gasteiger partial charge in [0, 0.05) is 5.56 Å². The Kier molecular flexibility index (Phi) is 2.30. The van der Waals surface area contributed by atoms with Gasteiger partial charge in [0.1, 0.15) is 0 Å². The molecule has 3 aromatic rings. The van der Waals surface area contributed by atoms with E-state index in [1.54, 1.807) is 12.1 Å². The van der Waals surface area contributed by atoms with Gasteiger partial charge >= 0.3 is 5.97 Å². The number of carboxylic acids is 1. The van der Waals surface area contributed by atoms with Crippen molar-refractivity contribution in [3.05, 3.63) is 48.2 Å². The maximum Gasteiger partial charge on any atom is 0.357 e. The van der Waals surface area contributed by atoms with Crippen molar-refractivity contribution in [2.75, 3.05) is 0 Å². The second-order valence-corrected chi connectivity index (χ2v) is 3.84. The van der Waals surface area contributed by atoms with Crippen LogP contribution in [0.2, 0.25) is 0 Å². The molecule has 0 saturated heterocycles. The maximum absolute atomic E-state index is 10.9. The highest BCUT2D eigenvalue weighted by Gasteiger charge is 2.13. The Morgan fingerprint density at radius 2 is 1.89 bits per heavy atom. The number of nitrogens with one attached hydrogen (secondary N) is 1. The van der Waals surface area contributed by atoms with Crippen LogP contribution >= 0.6 is 0 Å². The fraction of sp³-hybridized carbons (Fsp3) is 0. The molecule has 5 nitrogen and oxygen atoms in total. The molecule has 0 fully saturated rings. The molecule has 0 bridgehead atoms. The standard InChI is InChI=1S/C13H9N3O2/c17-13(18)11-9-6-7-10(14-12(9)16-15-11)8-4-2-1-3-5-8/h1-7H,(H,17,18)(H,14,15,16). The van der Waals surface area contributed by atoms with Crippen LogP contribution in [0.3, 0.4) is 0 Å². The zero-order chi connectivity index (χ0) is 12.5. The van der Waals surface area contributed by atoms with Crippen LogP contribution in [0, 0.1) is 0 Å². The lowest BCUT2D eigenvalue weighted by Crippen LogP contribution is -1.96. The van der Waals surface area contributed by atoms with Crippen molar-refractivity contribution in [1.82, 2.24) is 15.2 Å². The van der Waals surface area contributed by atoms with E-state index in [0.717, 1.165) is 11.3 Å². The molecule has 0 aliphatic rings. The lowest BCUT2D eigenvalue weighted by atomic mass is 10.1. The molecule has 0 saturated carbocycles. The second-order valence-electron chi connectivity index (χ2n) is 3.84. The van der Waals surface area contributed by atoms with Crippen molar-refractivity contribution < 1.29 is 9.90 Å². The van der Waals surface area contributed by atoms with E-state index >= 15 is 0 Å². The number of benzene rings is 1. The highest BCUT2D eigenvalue weighted by atomic mass is 16.4. The molecule has 2 aromatic heterocycles. The number of aromatic nitrogens is 3. The predicted molar refractivity (Wildman–Crippen MR) is 66.3 cm³/mol. The van der Waals surface area contributed by atoms with Crippen molar-refractivity contribution in [3.8, 4) is 11.3 Å². The summed E-state index contributed by atoms with van der Waals surface area (Å²) >= 11 is 0. The number of H-pyrrole nitrogens is 1. The minimum atomic E-state index is -1.06. The van der Waals surface area contributed by atoms with Gasteiger partial charge in [-0.05, 0) is 12.1 Å². The van der Waals surface area contributed by atoms with E-state index in [0.29, 0.717) is 11.0 Å². The van der Waals surface area contributed by atoms with Gasteiger partial charge in [-0.15, -0.1) is 0 Å². The van der Waals surface area contributed by atoms with Crippen molar-refractivity contribution in [2.45, 2.75) is 0 Å². The number of carboxylic acid groups (broad SMARTS) is 1. The normalized spacial score (nSPS) is 10.7. The molecule has 88 valence electrons. The largest absolute Gasteiger partial charge is 0.476 e. The number of hydrogen-bond acceptors (Lipinski definition) is 3. The molecule has 3 rings (SSSR count). The molecule has 0 aliphatic heterocycles. The van der Waals surface area contributed by atoms with Gasteiger partial charge in [0.15, 0.2) is 11.3 Å². The SMILES string of the molecule is O=C(O)c1n[nH]c2nc(-c3ccccc3)ccc12. The molecule has 0 amide bonds. The van der Waals surface area contributed by atoms with Crippen molar-refractivity contribution in [1.29, 1.82) is 0 Å². The van der Waals surface area contributed by atoms with E-state index < -0.39 is 5.97 Å². The first-order valence-electron chi connectivity index (χ1n) is 5.39. The van der Waals surface area contributed by atoms with Crippen LogP contribution in [0.1, 0.15) is 10.5 Å². The summed E-state index contributed by atoms with van der Waals surface area (Å²) in [6.45, 7) is 0. The second kappa shape index (κ2) is 3.96. The number of rotatable bonds is 2. The summed E-state index contributed by atoms with van der Waals surface area (Å²) < 4.78 is 0. The predicted octanol–water partition coefficient (Wildman–Crippen LogP) is 2.32. The molecule has 1 aromatic carbocycles. The highest BCUT2D eigenvalue weighted by Crippen LogP contribution is 2.21. The molecule has 0 radical (unpaired) electrons. The summed E-state index contributed by atoms with van der Waals surface area (Å²) in [5, 5.41) is 15.8. The number of fused-ring (bicyclic) bond motifs is 1. The van der Waals surface area contributed by atoms with Crippen LogP contribution in [0.4, 0.5) is 0 Å². The van der Waals surface area contributed by atoms with Gasteiger partial charge in [-0.2, -0.15) is 5.10 Å². The topological polar surface area (TPSA) is 78.9 Å². The summed E-state index contributed by atoms with van der Waals surface area (Å²) in [6.07, 6.45) is 0. The first-order valence-corrected chi connectivity index (χ1v) is 5.39. The van der Waals surface area contributed by atoms with Gasteiger partial charge in [0.2, 0.25) is 0 Å². The van der Waals surface area contributed by atoms with Gasteiger partial charge in [-0.3, -0.25) is 5.10 Å². The van der Waals surface area contributed by atoms with Crippen LogP contribution in [-0.2, 0) is 0 Å². The Morgan fingerprint density at radius 3 is 2.61 bits per heavy atom. The summed E-state index contributed by atoms with van der Waals surface area (Å²) in [7, 11) is 0. The van der Waals surface area contributed by atoms with Crippen molar-refractivity contribution in [2.24, 2.45) is 0 Å². The Labute approximate surface area is 102 Å². The van der Waals surface area contributed by atoms with Crippen LogP contribution in [0.25, 0.3) is 22.3 Å². The van der Waals surface area contributed by atoms with Crippen molar-refractivity contribution in [3.63, 3.8) is 0 Å². The first kappa shape index (κ1) is 10.5. The van der Waals surface area contributed by atoms with Gasteiger partial charge in [0.25, 0.3) is 0 Å². The number of carbonyl (C=O) groups is 1. The van der Waals surface area contributed by atoms with Gasteiger partial charge in [-0.25, -0.2) is 9.78 Å². The van der Waals surface area contributed by atoms with Crippen LogP contribution in [0.5, 0.6) is 0 Å². The quantitative estimate of drug-likeness (QED) is 0.719. The van der Waals surface area contributed by atoms with Crippen LogP contribution in [0.15, 0.2) is 42.5 Å². The fourth-order valence-electron chi connectivity index (χ4n) is 1.84. The smallest absolute Gasteiger partial charge is 0.357 e. The van der Waals surface area contributed by atoms with E-state index in [9.17, 15) is 4.79 Å². The minimum absolute atomic E-state index is 0.00267. The van der Waals surface area contributed by atoms with Gasteiger partial charge in [-0.1, -0.05) is 30.3 Å². The third-order valence-electron chi connectivity index (χ3n) is 2.70. The molecule has 5 heteroatoms. The molecule has 2 N–H and O–H groups in total. The number of nitrogens with zero attached hydrogens (tertiary/aromatic N) is 2. The number of aromatic amines is 1. The summed E-state index contributed by atoms with van der Waals surface area (Å²) in [6, 6.07) is 13.2. The average molecular weight is 239 g/mol. The Bertz CT molecular complexity index is 719. The van der Waals surface area contributed by atoms with E-state index in [1.165, 1.54) is 0 Å². The highest BCUT2D eigenvalue weighted by molar-refractivity contribution is 6.00. The number of hydrogen-bond donors (Lipinski definition) is 2. The third-order valence-corrected chi connectivity index (χ3v) is 2.70. The van der Waals surface area contributed by atoms with E-state index in [-0.39, 0.29) is 5.69 Å². The molecule has 0 unspecified atom stereocenters. The van der Waals surface area contributed by atoms with Crippen LogP contribution in [-0.4, -0.2) is 26.3 Å². The molecular formula is C13H9N3O2. The molecule has 0 atom stereocenters. The molecular weight excluding hydrogens is 230 g/mol. The third kappa shape index (κ3) is 1.62. The van der Waals surface area contributed by atoms with Crippen molar-refractivity contribution >= 4 is 17.0 Å². The zero-order valence-electron chi connectivity index (χ0n) is 9.29. The fourth-order valence-corrected chi connectivity index (χ4v) is 1.84. The van der Waals surface area contributed by atoms with E-state index in [2.05, 4.69) is 15.2 Å². The Morgan fingerprint density at radius 1 is 1.11 bits per heavy atom. The summed E-state index contributed by atoms with van der Waals surface area (Å²) in [5.41, 5.74) is 2.24. The first-order chi connectivity index (χ1) is 8.75. The summed E-state index contributed by atoms with van der Waals surface area (Å²) in [4.78, 5) is 15.3. The molecule has 2 heterocycles. The number of aromatic carboxylic acids is 1. The van der Waals surface area contributed by atoms with E-state index in [4.69, 9.17) is 5.11 Å². The minimum Gasteiger partial charge on any atom is -0.476 e. The lowest BCUT2D eigenvalue weighted by molar-refractivity contribution is 0.0692. The van der Waals surface area contributed by atoms with Gasteiger partial charge in [0.05, 0.1) is 11.1 Å². The lowest BCUT2D eigenvalue weighted by Gasteiger charge is -1.99. The molecule has 0 aliphatic carbocycles. The average Bonchev–Trinajstić information content (AvgIpc) is 2.82. The zero-order valence-corrected chi connectivity index (χ0v) is 9.29. The number of pyridine rings is 1. The summed E-state index contributed by atoms with van der Waals surface area (Å²) in [5.74, 6) is -1.06. The monoisotopic (exact) mass is 239 g/mol. The maximum atomic E-state index is 10.9. The molecule has 0 spiro atoms. The van der Waals surface area contributed by atoms with Crippen LogP contribution < -0.4 is 0 Å². The van der Waals surface area contributed by atoms with Gasteiger partial charge < -0.3 is 5.11 Å². The van der Waals surface area contributed by atoms with E-state index in [1.807, 2.05) is 30.3 Å².